The van der Waals surface area contributed by atoms with Crippen molar-refractivity contribution in [3.63, 3.8) is 0 Å². The molecule has 1 saturated heterocycles. The molecule has 1 heterocycles. The first-order valence-electron chi connectivity index (χ1n) is 10.9. The van der Waals surface area contributed by atoms with Crippen LogP contribution in [0.5, 0.6) is 11.5 Å². The number of hydrogen-bond donors (Lipinski definition) is 1. The second-order valence-corrected chi connectivity index (χ2v) is 8.74. The van der Waals surface area contributed by atoms with Crippen molar-refractivity contribution in [1.82, 2.24) is 15.1 Å². The van der Waals surface area contributed by atoms with Crippen LogP contribution in [0.2, 0.25) is 0 Å². The van der Waals surface area contributed by atoms with E-state index in [2.05, 4.69) is 5.32 Å². The Balaban J connectivity index is 1.68. The summed E-state index contributed by atoms with van der Waals surface area (Å²) in [5.74, 6) is 0.811. The van der Waals surface area contributed by atoms with Crippen LogP contribution in [-0.2, 0) is 9.59 Å². The maximum atomic E-state index is 13.3. The number of nitrogens with zero attached hydrogens (tertiary/aromatic N) is 2. The normalized spacial score (nSPS) is 19.7. The highest BCUT2D eigenvalue weighted by Crippen LogP contribution is 2.32. The fourth-order valence-corrected chi connectivity index (χ4v) is 3.92. The molecule has 3 rings (SSSR count). The van der Waals surface area contributed by atoms with Crippen molar-refractivity contribution < 1.29 is 23.9 Å². The van der Waals surface area contributed by atoms with Gasteiger partial charge < -0.3 is 24.6 Å². The van der Waals surface area contributed by atoms with E-state index >= 15 is 0 Å². The van der Waals surface area contributed by atoms with Gasteiger partial charge in [0.25, 0.3) is 5.91 Å². The molecule has 2 aliphatic rings. The first kappa shape index (κ1) is 22.9. The Bertz CT molecular complexity index is 814. The molecular formula is C23H33N3O5. The van der Waals surface area contributed by atoms with Crippen LogP contribution in [0.25, 0.3) is 0 Å². The maximum Gasteiger partial charge on any atom is 0.252 e. The van der Waals surface area contributed by atoms with Crippen molar-refractivity contribution in [3.05, 3.63) is 23.8 Å². The zero-order valence-electron chi connectivity index (χ0n) is 19.0. The molecule has 0 aromatic heterocycles. The predicted octanol–water partition coefficient (Wildman–Crippen LogP) is 1.93. The van der Waals surface area contributed by atoms with Gasteiger partial charge in [0.1, 0.15) is 17.5 Å². The maximum absolute atomic E-state index is 13.3. The third-order valence-corrected chi connectivity index (χ3v) is 5.98. The van der Waals surface area contributed by atoms with E-state index in [1.54, 1.807) is 23.1 Å². The van der Waals surface area contributed by atoms with E-state index in [0.29, 0.717) is 36.7 Å². The van der Waals surface area contributed by atoms with E-state index in [4.69, 9.17) is 9.47 Å². The van der Waals surface area contributed by atoms with Crippen LogP contribution >= 0.6 is 0 Å². The lowest BCUT2D eigenvalue weighted by Crippen LogP contribution is -2.60. The highest BCUT2D eigenvalue weighted by atomic mass is 16.5. The minimum absolute atomic E-state index is 0.0306. The molecule has 3 amide bonds. The molecule has 1 N–H and O–H groups in total. The SMILES string of the molecule is COc1cc(OC)cc(C(=O)NC(C(=O)N2CCN(C(=O)C3CC3)C(C)C2)C(C)C)c1. The Kier molecular flexibility index (Phi) is 7.08. The molecule has 31 heavy (non-hydrogen) atoms. The number of ether oxygens (including phenoxy) is 2. The average Bonchev–Trinajstić information content (AvgIpc) is 3.61. The van der Waals surface area contributed by atoms with Gasteiger partial charge in [-0.25, -0.2) is 0 Å². The van der Waals surface area contributed by atoms with Gasteiger partial charge in [-0.15, -0.1) is 0 Å². The van der Waals surface area contributed by atoms with Gasteiger partial charge >= 0.3 is 0 Å². The molecule has 1 aromatic carbocycles. The van der Waals surface area contributed by atoms with Crippen molar-refractivity contribution >= 4 is 17.7 Å². The minimum atomic E-state index is -0.664. The highest BCUT2D eigenvalue weighted by Gasteiger charge is 2.39. The molecule has 0 bridgehead atoms. The van der Waals surface area contributed by atoms with Crippen LogP contribution < -0.4 is 14.8 Å². The average molecular weight is 432 g/mol. The Morgan fingerprint density at radius 1 is 1.03 bits per heavy atom. The summed E-state index contributed by atoms with van der Waals surface area (Å²) >= 11 is 0. The Hall–Kier alpha value is -2.77. The fourth-order valence-electron chi connectivity index (χ4n) is 3.92. The van der Waals surface area contributed by atoms with Gasteiger partial charge in [-0.05, 0) is 37.8 Å². The van der Waals surface area contributed by atoms with Gasteiger partial charge in [0, 0.05) is 43.2 Å². The van der Waals surface area contributed by atoms with Crippen LogP contribution in [0.4, 0.5) is 0 Å². The second-order valence-electron chi connectivity index (χ2n) is 8.74. The molecule has 1 saturated carbocycles. The van der Waals surface area contributed by atoms with E-state index in [1.807, 2.05) is 25.7 Å². The van der Waals surface area contributed by atoms with Gasteiger partial charge in [-0.2, -0.15) is 0 Å². The third-order valence-electron chi connectivity index (χ3n) is 5.98. The number of carbonyl (C=O) groups is 3. The first-order valence-corrected chi connectivity index (χ1v) is 10.9. The molecule has 8 nitrogen and oxygen atoms in total. The Morgan fingerprint density at radius 2 is 1.65 bits per heavy atom. The van der Waals surface area contributed by atoms with Crippen molar-refractivity contribution in [3.8, 4) is 11.5 Å². The van der Waals surface area contributed by atoms with Gasteiger partial charge in [0.15, 0.2) is 0 Å². The second kappa shape index (κ2) is 9.58. The molecule has 1 aromatic rings. The summed E-state index contributed by atoms with van der Waals surface area (Å²) in [6.45, 7) is 7.28. The third kappa shape index (κ3) is 5.29. The van der Waals surface area contributed by atoms with E-state index in [-0.39, 0.29) is 35.6 Å². The smallest absolute Gasteiger partial charge is 0.252 e. The number of methoxy groups -OCH3 is 2. The molecule has 2 fully saturated rings. The summed E-state index contributed by atoms with van der Waals surface area (Å²) in [5, 5.41) is 2.89. The number of nitrogens with one attached hydrogen (secondary N) is 1. The van der Waals surface area contributed by atoms with Crippen molar-refractivity contribution in [1.29, 1.82) is 0 Å². The number of amides is 3. The lowest BCUT2D eigenvalue weighted by atomic mass is 10.0. The van der Waals surface area contributed by atoms with Gasteiger partial charge in [0.2, 0.25) is 11.8 Å². The standard InChI is InChI=1S/C23H33N3O5/c1-14(2)20(24-21(27)17-10-18(30-4)12-19(11-17)31-5)23(29)25-8-9-26(15(3)13-25)22(28)16-6-7-16/h10-12,14-16,20H,6-9,13H2,1-5H3,(H,24,27). The molecule has 1 aliphatic carbocycles. The molecular weight excluding hydrogens is 398 g/mol. The Morgan fingerprint density at radius 3 is 2.13 bits per heavy atom. The summed E-state index contributed by atoms with van der Waals surface area (Å²) in [5.41, 5.74) is 0.364. The molecule has 2 unspecified atom stereocenters. The topological polar surface area (TPSA) is 88.2 Å². The summed E-state index contributed by atoms with van der Waals surface area (Å²) in [6, 6.07) is 4.22. The van der Waals surface area contributed by atoms with Crippen LogP contribution in [0.3, 0.4) is 0 Å². The number of hydrogen-bond acceptors (Lipinski definition) is 5. The first-order chi connectivity index (χ1) is 14.7. The summed E-state index contributed by atoms with van der Waals surface area (Å²) in [4.78, 5) is 42.3. The van der Waals surface area contributed by atoms with E-state index in [9.17, 15) is 14.4 Å². The van der Waals surface area contributed by atoms with Crippen LogP contribution in [0.1, 0.15) is 44.0 Å². The van der Waals surface area contributed by atoms with E-state index < -0.39 is 6.04 Å². The quantitative estimate of drug-likeness (QED) is 0.713. The van der Waals surface area contributed by atoms with Crippen molar-refractivity contribution in [2.75, 3.05) is 33.9 Å². The monoisotopic (exact) mass is 431 g/mol. The van der Waals surface area contributed by atoms with Crippen LogP contribution in [0.15, 0.2) is 18.2 Å². The van der Waals surface area contributed by atoms with Gasteiger partial charge in [-0.1, -0.05) is 13.8 Å². The molecule has 8 heteroatoms. The minimum Gasteiger partial charge on any atom is -0.497 e. The summed E-state index contributed by atoms with van der Waals surface area (Å²) in [7, 11) is 3.04. The highest BCUT2D eigenvalue weighted by molar-refractivity contribution is 5.98. The fraction of sp³-hybridized carbons (Fsp3) is 0.609. The van der Waals surface area contributed by atoms with E-state index in [1.165, 1.54) is 14.2 Å². The summed E-state index contributed by atoms with van der Waals surface area (Å²) < 4.78 is 10.5. The Labute approximate surface area is 183 Å². The van der Waals surface area contributed by atoms with Crippen LogP contribution in [0, 0.1) is 11.8 Å². The molecule has 0 radical (unpaired) electrons. The molecule has 1 aliphatic heterocycles. The lowest BCUT2D eigenvalue weighted by Gasteiger charge is -2.41. The molecule has 170 valence electrons. The summed E-state index contributed by atoms with van der Waals surface area (Å²) in [6.07, 6.45) is 1.95. The van der Waals surface area contributed by atoms with Crippen LogP contribution in [-0.4, -0.2) is 73.5 Å². The lowest BCUT2D eigenvalue weighted by molar-refractivity contribution is -0.144. The van der Waals surface area contributed by atoms with Gasteiger partial charge in [0.05, 0.1) is 14.2 Å². The number of rotatable bonds is 7. The largest absolute Gasteiger partial charge is 0.497 e. The van der Waals surface area contributed by atoms with Gasteiger partial charge in [-0.3, -0.25) is 14.4 Å². The predicted molar refractivity (Wildman–Crippen MR) is 116 cm³/mol. The molecule has 2 atom stereocenters. The number of benzene rings is 1. The molecule has 0 spiro atoms. The van der Waals surface area contributed by atoms with E-state index in [0.717, 1.165) is 12.8 Å². The number of piperazine rings is 1. The zero-order valence-corrected chi connectivity index (χ0v) is 19.0. The van der Waals surface area contributed by atoms with Crippen molar-refractivity contribution in [2.45, 2.75) is 45.7 Å². The number of carbonyl (C=O) groups excluding carboxylic acids is 3. The zero-order chi connectivity index (χ0) is 22.7. The van der Waals surface area contributed by atoms with Crippen molar-refractivity contribution in [2.24, 2.45) is 11.8 Å².